The van der Waals surface area contributed by atoms with E-state index in [2.05, 4.69) is 16.0 Å². The number of carbonyl (C=O) groups is 4. The summed E-state index contributed by atoms with van der Waals surface area (Å²) in [5, 5.41) is 17.0. The van der Waals surface area contributed by atoms with Crippen molar-refractivity contribution in [3.63, 3.8) is 0 Å². The Hall–Kier alpha value is -2.94. The number of rotatable bonds is 13. The zero-order chi connectivity index (χ0) is 25.1. The van der Waals surface area contributed by atoms with Crippen LogP contribution in [0.4, 0.5) is 0 Å². The highest BCUT2D eigenvalue weighted by Crippen LogP contribution is 2.08. The van der Waals surface area contributed by atoms with Gasteiger partial charge in [-0.15, -0.1) is 0 Å². The standard InChI is InChI=1S/C24H38N4O5/c1-14(2)11-19(27-22(30)18(25)13-17-9-7-6-8-10-17)23(31)26-16(5)21(29)28-20(24(32)33)12-15(3)4/h6-10,14-16,18-20H,11-13,25H2,1-5H3,(H,26,31)(H,27,30)(H,28,29)(H,32,33). The second kappa shape index (κ2) is 13.6. The normalized spacial score (nSPS) is 14.8. The minimum atomic E-state index is -1.13. The molecular weight excluding hydrogens is 424 g/mol. The molecule has 9 heteroatoms. The maximum atomic E-state index is 12.8. The predicted molar refractivity (Wildman–Crippen MR) is 126 cm³/mol. The SMILES string of the molecule is CC(C)CC(NC(=O)C(C)NC(=O)C(CC(C)C)NC(=O)C(N)Cc1ccccc1)C(=O)O. The molecule has 0 aliphatic heterocycles. The Morgan fingerprint density at radius 1 is 0.788 bits per heavy atom. The summed E-state index contributed by atoms with van der Waals surface area (Å²) < 4.78 is 0. The lowest BCUT2D eigenvalue weighted by Gasteiger charge is -2.25. The topological polar surface area (TPSA) is 151 Å². The van der Waals surface area contributed by atoms with E-state index in [1.165, 1.54) is 6.92 Å². The van der Waals surface area contributed by atoms with E-state index in [4.69, 9.17) is 5.73 Å². The number of carbonyl (C=O) groups excluding carboxylic acids is 3. The molecule has 184 valence electrons. The molecule has 0 aromatic heterocycles. The van der Waals surface area contributed by atoms with Crippen LogP contribution in [0.15, 0.2) is 30.3 Å². The van der Waals surface area contributed by atoms with Crippen LogP contribution in [0.1, 0.15) is 53.0 Å². The molecule has 0 bridgehead atoms. The Balaban J connectivity index is 2.76. The zero-order valence-corrected chi connectivity index (χ0v) is 20.1. The molecule has 9 nitrogen and oxygen atoms in total. The lowest BCUT2D eigenvalue weighted by atomic mass is 10.0. The molecule has 0 radical (unpaired) electrons. The van der Waals surface area contributed by atoms with Gasteiger partial charge in [0, 0.05) is 0 Å². The number of nitrogens with one attached hydrogen (secondary N) is 3. The summed E-state index contributed by atoms with van der Waals surface area (Å²) in [6.07, 6.45) is 0.954. The molecule has 0 saturated heterocycles. The number of aliphatic carboxylic acids is 1. The molecular formula is C24H38N4O5. The van der Waals surface area contributed by atoms with Crippen molar-refractivity contribution in [2.75, 3.05) is 0 Å². The van der Waals surface area contributed by atoms with E-state index in [1.807, 2.05) is 58.0 Å². The van der Waals surface area contributed by atoms with Gasteiger partial charge in [0.05, 0.1) is 6.04 Å². The van der Waals surface area contributed by atoms with Crippen molar-refractivity contribution in [3.8, 4) is 0 Å². The number of benzene rings is 1. The molecule has 6 N–H and O–H groups in total. The molecule has 1 rings (SSSR count). The number of amides is 3. The van der Waals surface area contributed by atoms with Gasteiger partial charge in [-0.3, -0.25) is 14.4 Å². The van der Waals surface area contributed by atoms with Gasteiger partial charge in [0.2, 0.25) is 17.7 Å². The zero-order valence-electron chi connectivity index (χ0n) is 20.1. The van der Waals surface area contributed by atoms with Gasteiger partial charge in [0.25, 0.3) is 0 Å². The Morgan fingerprint density at radius 3 is 1.82 bits per heavy atom. The third-order valence-corrected chi connectivity index (χ3v) is 5.05. The number of hydrogen-bond acceptors (Lipinski definition) is 5. The van der Waals surface area contributed by atoms with Crippen molar-refractivity contribution in [1.29, 1.82) is 0 Å². The van der Waals surface area contributed by atoms with Crippen LogP contribution in [-0.2, 0) is 25.6 Å². The van der Waals surface area contributed by atoms with E-state index >= 15 is 0 Å². The van der Waals surface area contributed by atoms with Gasteiger partial charge in [-0.25, -0.2) is 4.79 Å². The minimum Gasteiger partial charge on any atom is -0.480 e. The quantitative estimate of drug-likeness (QED) is 0.297. The molecule has 0 fully saturated rings. The Labute approximate surface area is 195 Å². The maximum absolute atomic E-state index is 12.8. The molecule has 1 aromatic carbocycles. The largest absolute Gasteiger partial charge is 0.480 e. The van der Waals surface area contributed by atoms with Crippen LogP contribution in [0.2, 0.25) is 0 Å². The van der Waals surface area contributed by atoms with Crippen LogP contribution in [0.25, 0.3) is 0 Å². The molecule has 3 amide bonds. The van der Waals surface area contributed by atoms with E-state index in [0.29, 0.717) is 12.8 Å². The monoisotopic (exact) mass is 462 g/mol. The van der Waals surface area contributed by atoms with Gasteiger partial charge in [0.15, 0.2) is 0 Å². The van der Waals surface area contributed by atoms with Crippen molar-refractivity contribution in [2.45, 2.75) is 78.0 Å². The lowest BCUT2D eigenvalue weighted by molar-refractivity contribution is -0.142. The first kappa shape index (κ1) is 28.1. The second-order valence-electron chi connectivity index (χ2n) is 9.25. The summed E-state index contributed by atoms with van der Waals surface area (Å²) in [5.74, 6) is -2.55. The Kier molecular flexibility index (Phi) is 11.6. The lowest BCUT2D eigenvalue weighted by Crippen LogP contribution is -2.56. The highest BCUT2D eigenvalue weighted by molar-refractivity contribution is 5.93. The molecule has 0 aliphatic rings. The van der Waals surface area contributed by atoms with Gasteiger partial charge >= 0.3 is 5.97 Å². The summed E-state index contributed by atoms with van der Waals surface area (Å²) in [6, 6.07) is 5.61. The van der Waals surface area contributed by atoms with Crippen molar-refractivity contribution < 1.29 is 24.3 Å². The van der Waals surface area contributed by atoms with E-state index in [1.54, 1.807) is 0 Å². The van der Waals surface area contributed by atoms with Crippen LogP contribution in [0.5, 0.6) is 0 Å². The number of nitrogens with two attached hydrogens (primary N) is 1. The fourth-order valence-corrected chi connectivity index (χ4v) is 3.31. The number of carboxylic acids is 1. The first-order valence-corrected chi connectivity index (χ1v) is 11.3. The van der Waals surface area contributed by atoms with Gasteiger partial charge in [-0.1, -0.05) is 58.0 Å². The Bertz CT molecular complexity index is 797. The van der Waals surface area contributed by atoms with Crippen molar-refractivity contribution in [1.82, 2.24) is 16.0 Å². The van der Waals surface area contributed by atoms with E-state index < -0.39 is 47.9 Å². The molecule has 0 spiro atoms. The Morgan fingerprint density at radius 2 is 1.30 bits per heavy atom. The smallest absolute Gasteiger partial charge is 0.326 e. The summed E-state index contributed by atoms with van der Waals surface area (Å²) in [4.78, 5) is 49.3. The molecule has 4 atom stereocenters. The first-order chi connectivity index (χ1) is 15.4. The second-order valence-corrected chi connectivity index (χ2v) is 9.25. The summed E-state index contributed by atoms with van der Waals surface area (Å²) in [5.41, 5.74) is 6.94. The van der Waals surface area contributed by atoms with Crippen LogP contribution in [0.3, 0.4) is 0 Å². The molecule has 33 heavy (non-hydrogen) atoms. The van der Waals surface area contributed by atoms with E-state index in [-0.39, 0.29) is 18.3 Å². The predicted octanol–water partition coefficient (Wildman–Crippen LogP) is 1.21. The number of carboxylic acid groups (broad SMARTS) is 1. The van der Waals surface area contributed by atoms with E-state index in [0.717, 1.165) is 5.56 Å². The van der Waals surface area contributed by atoms with Crippen molar-refractivity contribution in [2.24, 2.45) is 17.6 Å². The summed E-state index contributed by atoms with van der Waals surface area (Å²) >= 11 is 0. The van der Waals surface area contributed by atoms with Crippen LogP contribution >= 0.6 is 0 Å². The molecule has 0 aliphatic carbocycles. The van der Waals surface area contributed by atoms with Gasteiger partial charge in [0.1, 0.15) is 18.1 Å². The van der Waals surface area contributed by atoms with Gasteiger partial charge < -0.3 is 26.8 Å². The molecule has 0 saturated carbocycles. The number of hydrogen-bond donors (Lipinski definition) is 5. The molecule has 1 aromatic rings. The summed E-state index contributed by atoms with van der Waals surface area (Å²) in [7, 11) is 0. The fourth-order valence-electron chi connectivity index (χ4n) is 3.31. The maximum Gasteiger partial charge on any atom is 0.326 e. The third-order valence-electron chi connectivity index (χ3n) is 5.05. The van der Waals surface area contributed by atoms with Crippen molar-refractivity contribution >= 4 is 23.7 Å². The van der Waals surface area contributed by atoms with Gasteiger partial charge in [-0.05, 0) is 43.6 Å². The molecule has 0 heterocycles. The fraction of sp³-hybridized carbons (Fsp3) is 0.583. The first-order valence-electron chi connectivity index (χ1n) is 11.3. The van der Waals surface area contributed by atoms with Crippen LogP contribution in [-0.4, -0.2) is 53.0 Å². The summed E-state index contributed by atoms with van der Waals surface area (Å²) in [6.45, 7) is 9.01. The third kappa shape index (κ3) is 10.5. The highest BCUT2D eigenvalue weighted by atomic mass is 16.4. The van der Waals surface area contributed by atoms with Crippen LogP contribution < -0.4 is 21.7 Å². The molecule has 4 unspecified atom stereocenters. The highest BCUT2D eigenvalue weighted by Gasteiger charge is 2.29. The van der Waals surface area contributed by atoms with E-state index in [9.17, 15) is 24.3 Å². The minimum absolute atomic E-state index is 0.0713. The average Bonchev–Trinajstić information content (AvgIpc) is 2.72. The van der Waals surface area contributed by atoms with Crippen LogP contribution in [0, 0.1) is 11.8 Å². The van der Waals surface area contributed by atoms with Gasteiger partial charge in [-0.2, -0.15) is 0 Å². The average molecular weight is 463 g/mol. The van der Waals surface area contributed by atoms with Crippen molar-refractivity contribution in [3.05, 3.63) is 35.9 Å².